The van der Waals surface area contributed by atoms with Gasteiger partial charge in [-0.05, 0) is 33.1 Å². The van der Waals surface area contributed by atoms with E-state index in [1.54, 1.807) is 4.90 Å². The van der Waals surface area contributed by atoms with Crippen molar-refractivity contribution in [3.05, 3.63) is 0 Å². The zero-order valence-corrected chi connectivity index (χ0v) is 10.7. The number of carbonyl (C=O) groups excluding carboxylic acids is 1. The molecule has 1 aliphatic rings. The van der Waals surface area contributed by atoms with E-state index >= 15 is 0 Å². The van der Waals surface area contributed by atoms with Crippen LogP contribution in [0.1, 0.15) is 40.0 Å². The molecule has 0 aromatic carbocycles. The van der Waals surface area contributed by atoms with Crippen molar-refractivity contribution < 1.29 is 19.4 Å². The number of hydrogen-bond acceptors (Lipinski definition) is 3. The number of ether oxygens (including phenoxy) is 1. The zero-order chi connectivity index (χ0) is 13.1. The number of aliphatic carboxylic acids is 1. The molecule has 5 heteroatoms. The minimum Gasteiger partial charge on any atom is -0.481 e. The lowest BCUT2D eigenvalue weighted by Gasteiger charge is -2.33. The van der Waals surface area contributed by atoms with Gasteiger partial charge in [0.15, 0.2) is 0 Å². The molecule has 0 radical (unpaired) electrons. The number of carboxylic acids is 1. The second-order valence-corrected chi connectivity index (χ2v) is 5.08. The van der Waals surface area contributed by atoms with Crippen LogP contribution in [0.4, 0.5) is 4.79 Å². The Labute approximate surface area is 102 Å². The molecule has 1 saturated heterocycles. The first kappa shape index (κ1) is 13.8. The summed E-state index contributed by atoms with van der Waals surface area (Å²) in [6.45, 7) is 6.64. The number of amides is 1. The molecule has 0 bridgehead atoms. The summed E-state index contributed by atoms with van der Waals surface area (Å²) in [5, 5.41) is 8.85. The smallest absolute Gasteiger partial charge is 0.410 e. The quantitative estimate of drug-likeness (QED) is 0.824. The first-order chi connectivity index (χ1) is 7.85. The minimum absolute atomic E-state index is 0.321. The maximum absolute atomic E-state index is 11.8. The van der Waals surface area contributed by atoms with Crippen molar-refractivity contribution in [3.8, 4) is 0 Å². The van der Waals surface area contributed by atoms with Crippen molar-refractivity contribution in [2.45, 2.75) is 45.6 Å². The van der Waals surface area contributed by atoms with Gasteiger partial charge < -0.3 is 14.7 Å². The monoisotopic (exact) mass is 243 g/mol. The SMILES string of the molecule is CCC(C)(C)OC(=O)N1CCC(C(=O)O)CC1. The lowest BCUT2D eigenvalue weighted by atomic mass is 9.97. The molecule has 0 aliphatic carbocycles. The Morgan fingerprint density at radius 3 is 2.29 bits per heavy atom. The van der Waals surface area contributed by atoms with Crippen LogP contribution in [0, 0.1) is 5.92 Å². The number of carbonyl (C=O) groups is 2. The van der Waals surface area contributed by atoms with Gasteiger partial charge >= 0.3 is 12.1 Å². The van der Waals surface area contributed by atoms with Crippen LogP contribution in [0.2, 0.25) is 0 Å². The zero-order valence-electron chi connectivity index (χ0n) is 10.7. The number of rotatable bonds is 3. The van der Waals surface area contributed by atoms with Crippen LogP contribution in [0.5, 0.6) is 0 Å². The highest BCUT2D eigenvalue weighted by molar-refractivity contribution is 5.71. The van der Waals surface area contributed by atoms with E-state index in [1.807, 2.05) is 20.8 Å². The van der Waals surface area contributed by atoms with E-state index in [9.17, 15) is 9.59 Å². The standard InChI is InChI=1S/C12H21NO4/c1-4-12(2,3)17-11(16)13-7-5-9(6-8-13)10(14)15/h9H,4-8H2,1-3H3,(H,14,15). The molecule has 0 saturated carbocycles. The third-order valence-corrected chi connectivity index (χ3v) is 3.32. The summed E-state index contributed by atoms with van der Waals surface area (Å²) in [5.74, 6) is -1.09. The number of hydrogen-bond donors (Lipinski definition) is 1. The summed E-state index contributed by atoms with van der Waals surface area (Å²) in [5.41, 5.74) is -0.458. The summed E-state index contributed by atoms with van der Waals surface area (Å²) >= 11 is 0. The largest absolute Gasteiger partial charge is 0.481 e. The molecule has 98 valence electrons. The van der Waals surface area contributed by atoms with E-state index in [4.69, 9.17) is 9.84 Å². The summed E-state index contributed by atoms with van der Waals surface area (Å²) in [4.78, 5) is 24.2. The van der Waals surface area contributed by atoms with Gasteiger partial charge in [-0.15, -0.1) is 0 Å². The predicted molar refractivity (Wildman–Crippen MR) is 62.8 cm³/mol. The Morgan fingerprint density at radius 1 is 1.35 bits per heavy atom. The first-order valence-corrected chi connectivity index (χ1v) is 6.06. The van der Waals surface area contributed by atoms with Crippen molar-refractivity contribution in [1.82, 2.24) is 4.90 Å². The summed E-state index contributed by atoms with van der Waals surface area (Å²) in [7, 11) is 0. The molecule has 1 heterocycles. The van der Waals surface area contributed by atoms with E-state index in [0.29, 0.717) is 25.9 Å². The molecular weight excluding hydrogens is 222 g/mol. The van der Waals surface area contributed by atoms with Crippen molar-refractivity contribution in [1.29, 1.82) is 0 Å². The molecule has 1 fully saturated rings. The van der Waals surface area contributed by atoms with Crippen molar-refractivity contribution in [2.75, 3.05) is 13.1 Å². The van der Waals surface area contributed by atoms with Crippen molar-refractivity contribution in [2.24, 2.45) is 5.92 Å². The van der Waals surface area contributed by atoms with Crippen LogP contribution in [0.15, 0.2) is 0 Å². The third-order valence-electron chi connectivity index (χ3n) is 3.32. The Kier molecular flexibility index (Phi) is 4.37. The second-order valence-electron chi connectivity index (χ2n) is 5.08. The fourth-order valence-corrected chi connectivity index (χ4v) is 1.68. The van der Waals surface area contributed by atoms with Gasteiger partial charge in [0, 0.05) is 13.1 Å². The molecular formula is C12H21NO4. The summed E-state index contributed by atoms with van der Waals surface area (Å²) in [6.07, 6.45) is 1.44. The van der Waals surface area contributed by atoms with E-state index in [2.05, 4.69) is 0 Å². The Morgan fingerprint density at radius 2 is 1.88 bits per heavy atom. The average molecular weight is 243 g/mol. The molecule has 1 amide bonds. The fourth-order valence-electron chi connectivity index (χ4n) is 1.68. The van der Waals surface area contributed by atoms with E-state index in [1.165, 1.54) is 0 Å². The highest BCUT2D eigenvalue weighted by Crippen LogP contribution is 2.21. The first-order valence-electron chi connectivity index (χ1n) is 6.06. The Balaban J connectivity index is 2.44. The van der Waals surface area contributed by atoms with Gasteiger partial charge in [-0.2, -0.15) is 0 Å². The van der Waals surface area contributed by atoms with Gasteiger partial charge in [0.05, 0.1) is 5.92 Å². The van der Waals surface area contributed by atoms with E-state index < -0.39 is 11.6 Å². The van der Waals surface area contributed by atoms with Crippen LogP contribution in [0.3, 0.4) is 0 Å². The maximum Gasteiger partial charge on any atom is 0.410 e. The lowest BCUT2D eigenvalue weighted by molar-refractivity contribution is -0.143. The average Bonchev–Trinajstić information content (AvgIpc) is 2.28. The van der Waals surface area contributed by atoms with Gasteiger partial charge in [0.25, 0.3) is 0 Å². The molecule has 0 aromatic rings. The van der Waals surface area contributed by atoms with Crippen molar-refractivity contribution in [3.63, 3.8) is 0 Å². The molecule has 0 aromatic heterocycles. The number of nitrogens with zero attached hydrogens (tertiary/aromatic N) is 1. The Bertz CT molecular complexity index is 293. The van der Waals surface area contributed by atoms with Crippen LogP contribution in [0.25, 0.3) is 0 Å². The molecule has 1 aliphatic heterocycles. The van der Waals surface area contributed by atoms with Gasteiger partial charge in [0.2, 0.25) is 0 Å². The summed E-state index contributed by atoms with van der Waals surface area (Å²) in [6, 6.07) is 0. The van der Waals surface area contributed by atoms with Crippen LogP contribution < -0.4 is 0 Å². The topological polar surface area (TPSA) is 66.8 Å². The molecule has 1 N–H and O–H groups in total. The maximum atomic E-state index is 11.8. The molecule has 0 unspecified atom stereocenters. The second kappa shape index (κ2) is 5.38. The molecule has 5 nitrogen and oxygen atoms in total. The highest BCUT2D eigenvalue weighted by Gasteiger charge is 2.30. The minimum atomic E-state index is -0.771. The number of carboxylic acid groups (broad SMARTS) is 1. The van der Waals surface area contributed by atoms with Gasteiger partial charge in [-0.3, -0.25) is 4.79 Å². The van der Waals surface area contributed by atoms with Gasteiger partial charge in [-0.1, -0.05) is 6.92 Å². The Hall–Kier alpha value is -1.26. The normalized spacial score (nSPS) is 17.9. The number of likely N-dealkylation sites (tertiary alicyclic amines) is 1. The van der Waals surface area contributed by atoms with Crippen LogP contribution in [-0.2, 0) is 9.53 Å². The van der Waals surface area contributed by atoms with Crippen molar-refractivity contribution >= 4 is 12.1 Å². The lowest BCUT2D eigenvalue weighted by Crippen LogP contribution is -2.43. The van der Waals surface area contributed by atoms with Gasteiger partial charge in [-0.25, -0.2) is 4.79 Å². The molecule has 17 heavy (non-hydrogen) atoms. The molecule has 1 rings (SSSR count). The van der Waals surface area contributed by atoms with E-state index in [0.717, 1.165) is 6.42 Å². The van der Waals surface area contributed by atoms with Gasteiger partial charge in [0.1, 0.15) is 5.60 Å². The predicted octanol–water partition coefficient (Wildman–Crippen LogP) is 2.11. The highest BCUT2D eigenvalue weighted by atomic mass is 16.6. The van der Waals surface area contributed by atoms with E-state index in [-0.39, 0.29) is 12.0 Å². The molecule has 0 spiro atoms. The van der Waals surface area contributed by atoms with Crippen LogP contribution >= 0.6 is 0 Å². The third kappa shape index (κ3) is 3.91. The number of piperidine rings is 1. The molecule has 0 atom stereocenters. The summed E-state index contributed by atoms with van der Waals surface area (Å²) < 4.78 is 5.36. The van der Waals surface area contributed by atoms with Crippen LogP contribution in [-0.4, -0.2) is 40.8 Å². The fraction of sp³-hybridized carbons (Fsp3) is 0.833.